The molecule has 1 rings (SSSR count). The summed E-state index contributed by atoms with van der Waals surface area (Å²) in [6.45, 7) is 16.8. The van der Waals surface area contributed by atoms with E-state index in [2.05, 4.69) is 44.4 Å². The molecule has 7 heteroatoms. The van der Waals surface area contributed by atoms with Gasteiger partial charge in [-0.3, -0.25) is 14.4 Å². The summed E-state index contributed by atoms with van der Waals surface area (Å²) in [5.41, 5.74) is 0. The largest absolute Gasteiger partial charge is 0.465 e. The van der Waals surface area contributed by atoms with Gasteiger partial charge < -0.3 is 19.3 Å². The molecular formula is C57H110N2O5. The van der Waals surface area contributed by atoms with E-state index in [9.17, 15) is 14.4 Å². The molecule has 1 aliphatic rings. The van der Waals surface area contributed by atoms with Crippen LogP contribution in [0.15, 0.2) is 0 Å². The minimum Gasteiger partial charge on any atom is -0.465 e. The van der Waals surface area contributed by atoms with Gasteiger partial charge in [0.15, 0.2) is 0 Å². The molecule has 0 atom stereocenters. The fourth-order valence-corrected chi connectivity index (χ4v) is 9.92. The molecule has 64 heavy (non-hydrogen) atoms. The number of esters is 2. The summed E-state index contributed by atoms with van der Waals surface area (Å²) in [5, 5.41) is 0. The first-order valence-corrected chi connectivity index (χ1v) is 28.7. The normalized spacial score (nSPS) is 13.2. The predicted molar refractivity (Wildman–Crippen MR) is 274 cm³/mol. The van der Waals surface area contributed by atoms with Crippen LogP contribution in [0.2, 0.25) is 0 Å². The third kappa shape index (κ3) is 35.5. The fourth-order valence-electron chi connectivity index (χ4n) is 9.92. The molecule has 0 N–H and O–H groups in total. The number of ether oxygens (including phenoxy) is 2. The van der Waals surface area contributed by atoms with Crippen molar-refractivity contribution in [3.63, 3.8) is 0 Å². The highest BCUT2D eigenvalue weighted by atomic mass is 16.5. The van der Waals surface area contributed by atoms with Crippen LogP contribution in [0.25, 0.3) is 0 Å². The van der Waals surface area contributed by atoms with Crippen molar-refractivity contribution in [2.24, 2.45) is 11.8 Å². The Kier molecular flexibility index (Phi) is 42.6. The topological polar surface area (TPSA) is 76.2 Å². The third-order valence-electron chi connectivity index (χ3n) is 14.2. The van der Waals surface area contributed by atoms with E-state index in [1.165, 1.54) is 180 Å². The van der Waals surface area contributed by atoms with Gasteiger partial charge in [-0.2, -0.15) is 0 Å². The zero-order valence-electron chi connectivity index (χ0n) is 43.7. The van der Waals surface area contributed by atoms with E-state index in [1.54, 1.807) is 0 Å². The predicted octanol–water partition coefficient (Wildman–Crippen LogP) is 16.5. The smallest absolute Gasteiger partial charge is 0.305 e. The van der Waals surface area contributed by atoms with Crippen molar-refractivity contribution in [1.29, 1.82) is 0 Å². The highest BCUT2D eigenvalue weighted by molar-refractivity contribution is 5.76. The summed E-state index contributed by atoms with van der Waals surface area (Å²) in [4.78, 5) is 44.8. The number of unbranched alkanes of at least 4 members (excludes halogenated alkanes) is 21. The van der Waals surface area contributed by atoms with E-state index >= 15 is 0 Å². The minimum atomic E-state index is -0.0330. The van der Waals surface area contributed by atoms with Crippen molar-refractivity contribution < 1.29 is 23.9 Å². The van der Waals surface area contributed by atoms with Crippen LogP contribution in [0.1, 0.15) is 291 Å². The number of rotatable bonds is 48. The van der Waals surface area contributed by atoms with E-state index < -0.39 is 0 Å². The summed E-state index contributed by atoms with van der Waals surface area (Å²) in [7, 11) is 0. The van der Waals surface area contributed by atoms with Crippen LogP contribution >= 0.6 is 0 Å². The Hall–Kier alpha value is -1.63. The van der Waals surface area contributed by atoms with Gasteiger partial charge in [-0.05, 0) is 109 Å². The van der Waals surface area contributed by atoms with Crippen molar-refractivity contribution in [3.05, 3.63) is 0 Å². The molecule has 1 aliphatic heterocycles. The monoisotopic (exact) mass is 903 g/mol. The molecule has 0 aromatic rings. The molecule has 0 aliphatic carbocycles. The van der Waals surface area contributed by atoms with Crippen molar-refractivity contribution in [2.45, 2.75) is 297 Å². The second-order valence-electron chi connectivity index (χ2n) is 20.4. The molecule has 1 amide bonds. The van der Waals surface area contributed by atoms with E-state index in [4.69, 9.17) is 9.47 Å². The summed E-state index contributed by atoms with van der Waals surface area (Å²) < 4.78 is 11.8. The van der Waals surface area contributed by atoms with Crippen LogP contribution < -0.4 is 0 Å². The lowest BCUT2D eigenvalue weighted by Gasteiger charge is -2.33. The Bertz CT molecular complexity index is 969. The molecule has 378 valence electrons. The van der Waals surface area contributed by atoms with E-state index in [1.807, 2.05) is 0 Å². The van der Waals surface area contributed by atoms with Gasteiger partial charge in [0.2, 0.25) is 5.91 Å². The number of carbonyl (C=O) groups is 3. The van der Waals surface area contributed by atoms with Crippen LogP contribution in [0.5, 0.6) is 0 Å². The van der Waals surface area contributed by atoms with Crippen molar-refractivity contribution >= 4 is 17.8 Å². The lowest BCUT2D eigenvalue weighted by molar-refractivity contribution is -0.146. The molecule has 1 fully saturated rings. The molecule has 1 heterocycles. The van der Waals surface area contributed by atoms with E-state index in [0.29, 0.717) is 50.2 Å². The average Bonchev–Trinajstić information content (AvgIpc) is 3.82. The van der Waals surface area contributed by atoms with Gasteiger partial charge >= 0.3 is 11.9 Å². The maximum atomic E-state index is 14.1. The fraction of sp³-hybridized carbons (Fsp3) is 0.947. The molecule has 7 nitrogen and oxygen atoms in total. The molecule has 0 radical (unpaired) electrons. The van der Waals surface area contributed by atoms with Gasteiger partial charge in [0.05, 0.1) is 13.2 Å². The van der Waals surface area contributed by atoms with Crippen molar-refractivity contribution in [1.82, 2.24) is 9.80 Å². The van der Waals surface area contributed by atoms with Crippen molar-refractivity contribution in [2.75, 3.05) is 39.4 Å². The lowest BCUT2D eigenvalue weighted by Crippen LogP contribution is -2.42. The first-order valence-electron chi connectivity index (χ1n) is 28.7. The molecule has 0 bridgehead atoms. The van der Waals surface area contributed by atoms with Crippen LogP contribution in [0, 0.1) is 11.8 Å². The second kappa shape index (κ2) is 45.2. The summed E-state index contributed by atoms with van der Waals surface area (Å²) >= 11 is 0. The first-order chi connectivity index (χ1) is 31.4. The number of hydrogen-bond donors (Lipinski definition) is 0. The van der Waals surface area contributed by atoms with Gasteiger partial charge in [0.1, 0.15) is 0 Å². The Morgan fingerprint density at radius 1 is 0.422 bits per heavy atom. The summed E-state index contributed by atoms with van der Waals surface area (Å²) in [5.74, 6) is 1.27. The average molecular weight is 904 g/mol. The second-order valence-corrected chi connectivity index (χ2v) is 20.4. The standard InChI is InChI=1S/C57H110N2O5/c1-6-11-16-21-22-31-43-55(60)59(49-36-48-58-46-34-35-47-58)54(41-29-23-32-44-56(61)63-50-52(37-25-17-12-7-2)38-26-18-13-8-3)42-30-24-33-45-57(62)64-51-53(39-27-19-14-9-4)40-28-20-15-10-5/h52-54H,6-51H2,1-5H3. The highest BCUT2D eigenvalue weighted by Crippen LogP contribution is 2.24. The Balaban J connectivity index is 2.81. The molecule has 0 unspecified atom stereocenters. The Labute approximate surface area is 398 Å². The van der Waals surface area contributed by atoms with Gasteiger partial charge in [-0.15, -0.1) is 0 Å². The molecule has 1 saturated heterocycles. The number of carbonyl (C=O) groups excluding carboxylic acids is 3. The summed E-state index contributed by atoms with van der Waals surface area (Å²) in [6, 6.07) is 0.215. The number of nitrogens with zero attached hydrogens (tertiary/aromatic N) is 2. The van der Waals surface area contributed by atoms with Gasteiger partial charge in [0.25, 0.3) is 0 Å². The molecular weight excluding hydrogens is 793 g/mol. The van der Waals surface area contributed by atoms with E-state index in [0.717, 1.165) is 83.7 Å². The quantitative estimate of drug-likeness (QED) is 0.0447. The van der Waals surface area contributed by atoms with Crippen LogP contribution in [-0.2, 0) is 23.9 Å². The van der Waals surface area contributed by atoms with Gasteiger partial charge in [-0.1, -0.05) is 195 Å². The SMILES string of the molecule is CCCCCCCCC(=O)N(CCCN1CCCC1)C(CCCCCC(=O)OCC(CCCCCC)CCCCCC)CCCCCC(=O)OCC(CCCCCC)CCCCCC. The van der Waals surface area contributed by atoms with Crippen molar-refractivity contribution in [3.8, 4) is 0 Å². The molecule has 0 aromatic heterocycles. The van der Waals surface area contributed by atoms with Crippen LogP contribution in [0.4, 0.5) is 0 Å². The molecule has 0 saturated carbocycles. The minimum absolute atomic E-state index is 0.0330. The Morgan fingerprint density at radius 2 is 0.766 bits per heavy atom. The molecule has 0 spiro atoms. The Morgan fingerprint density at radius 3 is 1.19 bits per heavy atom. The third-order valence-corrected chi connectivity index (χ3v) is 14.2. The zero-order chi connectivity index (χ0) is 46.6. The maximum Gasteiger partial charge on any atom is 0.305 e. The van der Waals surface area contributed by atoms with E-state index in [-0.39, 0.29) is 18.0 Å². The maximum absolute atomic E-state index is 14.1. The number of likely N-dealkylation sites (tertiary alicyclic amines) is 1. The lowest BCUT2D eigenvalue weighted by atomic mass is 9.95. The van der Waals surface area contributed by atoms with Crippen LogP contribution in [0.3, 0.4) is 0 Å². The zero-order valence-corrected chi connectivity index (χ0v) is 43.7. The summed E-state index contributed by atoms with van der Waals surface area (Å²) in [6.07, 6.45) is 45.1. The van der Waals surface area contributed by atoms with Gasteiger partial charge in [-0.25, -0.2) is 0 Å². The molecule has 0 aromatic carbocycles. The van der Waals surface area contributed by atoms with Gasteiger partial charge in [0, 0.05) is 31.8 Å². The number of hydrogen-bond acceptors (Lipinski definition) is 6. The number of amides is 1. The first kappa shape index (κ1) is 60.4. The van der Waals surface area contributed by atoms with Crippen LogP contribution in [-0.4, -0.2) is 73.1 Å². The highest BCUT2D eigenvalue weighted by Gasteiger charge is 2.24.